The van der Waals surface area contributed by atoms with Crippen molar-refractivity contribution >= 4 is 23.6 Å². The molecule has 2 heterocycles. The van der Waals surface area contributed by atoms with Gasteiger partial charge in [-0.25, -0.2) is 0 Å². The Labute approximate surface area is 241 Å². The number of nitrogens with zero attached hydrogens (tertiary/aromatic N) is 1. The highest BCUT2D eigenvalue weighted by Gasteiger charge is 2.62. The van der Waals surface area contributed by atoms with E-state index in [1.165, 1.54) is 11.1 Å². The molecule has 6 atom stereocenters. The van der Waals surface area contributed by atoms with Crippen LogP contribution in [0.1, 0.15) is 81.8 Å². The number of carbonyl (C=O) groups is 4. The molecule has 9 nitrogen and oxygen atoms in total. The standard InChI is InChI=1S/C32H42N4O5/c37-26(29(40)34-21-7-8-21)24(16-20-9-14-33-27(20)38)35-28(39)25-18-31(11-12-31)13-15-36(25)30(41)23-17-32(23)10-3-5-19-4-1-2-6-22(19)32/h1-2,4,6,20-21,23-26,37H,3,5,7-18H2,(H,33,38)(H,34,40)(H,35,39)/t20-,23+,24-,25-,26?,32+/m0/s1. The molecule has 2 aliphatic heterocycles. The van der Waals surface area contributed by atoms with E-state index in [0.717, 1.165) is 57.8 Å². The Morgan fingerprint density at radius 1 is 1.07 bits per heavy atom. The Bertz CT molecular complexity index is 1260. The second kappa shape index (κ2) is 10.1. The van der Waals surface area contributed by atoms with Crippen molar-refractivity contribution in [1.29, 1.82) is 0 Å². The molecule has 220 valence electrons. The van der Waals surface area contributed by atoms with Crippen molar-refractivity contribution in [2.75, 3.05) is 13.1 Å². The first-order valence-electron chi connectivity index (χ1n) is 15.7. The summed E-state index contributed by atoms with van der Waals surface area (Å²) in [6.07, 6.45) is 8.72. The lowest BCUT2D eigenvalue weighted by atomic mass is 9.78. The molecule has 1 aromatic rings. The van der Waals surface area contributed by atoms with Gasteiger partial charge in [-0.05, 0) is 93.6 Å². The number of nitrogens with one attached hydrogen (secondary N) is 3. The lowest BCUT2D eigenvalue weighted by molar-refractivity contribution is -0.146. The normalized spacial score (nSPS) is 32.6. The van der Waals surface area contributed by atoms with Crippen molar-refractivity contribution in [2.45, 2.75) is 107 Å². The number of fused-ring (bicyclic) bond motifs is 2. The molecule has 2 spiro atoms. The first kappa shape index (κ1) is 26.9. The van der Waals surface area contributed by atoms with E-state index in [-0.39, 0.29) is 52.8 Å². The van der Waals surface area contributed by atoms with Crippen molar-refractivity contribution in [3.8, 4) is 0 Å². The molecule has 41 heavy (non-hydrogen) atoms. The number of aliphatic hydroxyl groups excluding tert-OH is 1. The number of likely N-dealkylation sites (tertiary alicyclic amines) is 1. The minimum absolute atomic E-state index is 0.0658. The molecule has 7 rings (SSSR count). The van der Waals surface area contributed by atoms with Crippen molar-refractivity contribution in [3.63, 3.8) is 0 Å². The highest BCUT2D eigenvalue weighted by Crippen LogP contribution is 2.62. The summed E-state index contributed by atoms with van der Waals surface area (Å²) in [4.78, 5) is 55.2. The first-order chi connectivity index (χ1) is 19.8. The van der Waals surface area contributed by atoms with Gasteiger partial charge in [0.1, 0.15) is 6.04 Å². The average Bonchev–Trinajstić information content (AvgIpc) is 3.92. The quantitative estimate of drug-likeness (QED) is 0.384. The molecule has 0 aromatic heterocycles. The Kier molecular flexibility index (Phi) is 6.64. The highest BCUT2D eigenvalue weighted by molar-refractivity contribution is 5.92. The fourth-order valence-electron chi connectivity index (χ4n) is 8.04. The lowest BCUT2D eigenvalue weighted by Gasteiger charge is -2.40. The molecule has 5 fully saturated rings. The predicted octanol–water partition coefficient (Wildman–Crippen LogP) is 1.70. The van der Waals surface area contributed by atoms with E-state index >= 15 is 0 Å². The monoisotopic (exact) mass is 562 g/mol. The van der Waals surface area contributed by atoms with E-state index in [1.54, 1.807) is 0 Å². The maximum Gasteiger partial charge on any atom is 0.251 e. The van der Waals surface area contributed by atoms with Crippen LogP contribution in [0.5, 0.6) is 0 Å². The molecular weight excluding hydrogens is 520 g/mol. The summed E-state index contributed by atoms with van der Waals surface area (Å²) in [5.74, 6) is -1.36. The molecule has 4 amide bonds. The fraction of sp³-hybridized carbons (Fsp3) is 0.688. The van der Waals surface area contributed by atoms with Gasteiger partial charge in [-0.15, -0.1) is 0 Å². The van der Waals surface area contributed by atoms with Crippen molar-refractivity contribution in [3.05, 3.63) is 35.4 Å². The van der Waals surface area contributed by atoms with Crippen LogP contribution < -0.4 is 16.0 Å². The zero-order valence-corrected chi connectivity index (χ0v) is 23.7. The molecule has 9 heteroatoms. The zero-order valence-electron chi connectivity index (χ0n) is 23.7. The van der Waals surface area contributed by atoms with E-state index in [9.17, 15) is 24.3 Å². The number of hydrogen-bond donors (Lipinski definition) is 4. The smallest absolute Gasteiger partial charge is 0.251 e. The molecule has 1 aromatic carbocycles. The number of hydrogen-bond acceptors (Lipinski definition) is 5. The number of rotatable bonds is 8. The molecule has 0 radical (unpaired) electrons. The Morgan fingerprint density at radius 3 is 2.61 bits per heavy atom. The van der Waals surface area contributed by atoms with Crippen LogP contribution in [-0.4, -0.2) is 71.0 Å². The summed E-state index contributed by atoms with van der Waals surface area (Å²) in [6, 6.07) is 7.03. The van der Waals surface area contributed by atoms with E-state index < -0.39 is 24.1 Å². The van der Waals surface area contributed by atoms with Gasteiger partial charge in [0.2, 0.25) is 17.7 Å². The van der Waals surface area contributed by atoms with Crippen LogP contribution in [0.4, 0.5) is 0 Å². The number of aliphatic hydroxyl groups is 1. The van der Waals surface area contributed by atoms with Crippen molar-refractivity contribution in [1.82, 2.24) is 20.9 Å². The molecule has 6 aliphatic rings. The number of amides is 4. The largest absolute Gasteiger partial charge is 0.381 e. The third-order valence-electron chi connectivity index (χ3n) is 11.0. The molecular formula is C32H42N4O5. The van der Waals surface area contributed by atoms with Gasteiger partial charge in [0, 0.05) is 36.4 Å². The van der Waals surface area contributed by atoms with Crippen LogP contribution in [0, 0.1) is 17.3 Å². The summed E-state index contributed by atoms with van der Waals surface area (Å²) in [7, 11) is 0. The second-order valence-corrected chi connectivity index (χ2v) is 13.8. The van der Waals surface area contributed by atoms with E-state index in [4.69, 9.17) is 0 Å². The van der Waals surface area contributed by atoms with Crippen LogP contribution in [0.3, 0.4) is 0 Å². The van der Waals surface area contributed by atoms with E-state index in [2.05, 4.69) is 40.2 Å². The summed E-state index contributed by atoms with van der Waals surface area (Å²) in [5, 5.41) is 19.7. The van der Waals surface area contributed by atoms with Crippen LogP contribution in [0.15, 0.2) is 24.3 Å². The van der Waals surface area contributed by atoms with Gasteiger partial charge in [0.15, 0.2) is 6.10 Å². The average molecular weight is 563 g/mol. The predicted molar refractivity (Wildman–Crippen MR) is 150 cm³/mol. The maximum atomic E-state index is 14.1. The zero-order chi connectivity index (χ0) is 28.4. The SMILES string of the molecule is O=C(NC1CC1)C(O)[C@H](C[C@@H]1CCNC1=O)NC(=O)[C@@H]1CC2(CCN1C(=O)[C@H]1C[C@@]13CCCc1ccccc13)CC2. The van der Waals surface area contributed by atoms with Gasteiger partial charge in [-0.1, -0.05) is 24.3 Å². The van der Waals surface area contributed by atoms with Gasteiger partial charge < -0.3 is 26.0 Å². The summed E-state index contributed by atoms with van der Waals surface area (Å²) in [6.45, 7) is 1.11. The molecule has 0 bridgehead atoms. The van der Waals surface area contributed by atoms with Gasteiger partial charge in [0.25, 0.3) is 5.91 Å². The van der Waals surface area contributed by atoms with Gasteiger partial charge in [-0.3, -0.25) is 19.2 Å². The minimum Gasteiger partial charge on any atom is -0.381 e. The van der Waals surface area contributed by atoms with Crippen molar-refractivity contribution in [2.24, 2.45) is 17.3 Å². The Balaban J connectivity index is 1.10. The topological polar surface area (TPSA) is 128 Å². The van der Waals surface area contributed by atoms with Gasteiger partial charge in [-0.2, -0.15) is 0 Å². The number of carbonyl (C=O) groups excluding carboxylic acids is 4. The van der Waals surface area contributed by atoms with Crippen LogP contribution >= 0.6 is 0 Å². The third kappa shape index (κ3) is 5.04. The second-order valence-electron chi connectivity index (χ2n) is 13.8. The lowest BCUT2D eigenvalue weighted by Crippen LogP contribution is -2.59. The van der Waals surface area contributed by atoms with Crippen LogP contribution in [0.25, 0.3) is 0 Å². The molecule has 4 aliphatic carbocycles. The third-order valence-corrected chi connectivity index (χ3v) is 11.0. The minimum atomic E-state index is -1.46. The van der Waals surface area contributed by atoms with Gasteiger partial charge in [0.05, 0.1) is 6.04 Å². The van der Waals surface area contributed by atoms with E-state index in [0.29, 0.717) is 25.9 Å². The Morgan fingerprint density at radius 2 is 1.88 bits per heavy atom. The molecule has 3 saturated carbocycles. The maximum absolute atomic E-state index is 14.1. The number of aryl methyl sites for hydroxylation is 1. The number of piperidine rings is 1. The highest BCUT2D eigenvalue weighted by atomic mass is 16.3. The molecule has 4 N–H and O–H groups in total. The summed E-state index contributed by atoms with van der Waals surface area (Å²) < 4.78 is 0. The first-order valence-corrected chi connectivity index (χ1v) is 15.7. The molecule has 2 saturated heterocycles. The van der Waals surface area contributed by atoms with Gasteiger partial charge >= 0.3 is 0 Å². The van der Waals surface area contributed by atoms with Crippen LogP contribution in [-0.2, 0) is 31.0 Å². The Hall–Kier alpha value is -2.94. The summed E-state index contributed by atoms with van der Waals surface area (Å²) in [5.41, 5.74) is 2.65. The molecule has 1 unspecified atom stereocenters. The van der Waals surface area contributed by atoms with Crippen molar-refractivity contribution < 1.29 is 24.3 Å². The van der Waals surface area contributed by atoms with Crippen LogP contribution in [0.2, 0.25) is 0 Å². The summed E-state index contributed by atoms with van der Waals surface area (Å²) >= 11 is 0. The number of benzene rings is 1. The van der Waals surface area contributed by atoms with E-state index in [1.807, 2.05) is 4.90 Å². The fourth-order valence-corrected chi connectivity index (χ4v) is 8.04.